The molecule has 0 atom stereocenters. The average molecular weight is 305 g/mol. The normalized spacial score (nSPS) is 10.7. The standard InChI is InChI=1S/C14H19N5O3/c1-10-11(9-18(3)16-10)8-17(2)13(20)5-7-19-12(14(21)22)4-6-15-19/h4,6,9H,5,7-8H2,1-3H3,(H,21,22). The van der Waals surface area contributed by atoms with Crippen molar-refractivity contribution < 1.29 is 14.7 Å². The lowest BCUT2D eigenvalue weighted by atomic mass is 10.2. The first-order chi connectivity index (χ1) is 10.4. The Hall–Kier alpha value is -2.64. The van der Waals surface area contributed by atoms with Crippen LogP contribution in [0.1, 0.15) is 28.2 Å². The van der Waals surface area contributed by atoms with Crippen molar-refractivity contribution in [3.05, 3.63) is 35.4 Å². The predicted molar refractivity (Wildman–Crippen MR) is 78.2 cm³/mol. The molecule has 1 amide bonds. The number of carboxylic acids is 1. The smallest absolute Gasteiger partial charge is 0.354 e. The number of hydrogen-bond acceptors (Lipinski definition) is 4. The molecule has 8 nitrogen and oxygen atoms in total. The van der Waals surface area contributed by atoms with E-state index in [9.17, 15) is 9.59 Å². The van der Waals surface area contributed by atoms with E-state index in [1.54, 1.807) is 16.6 Å². The zero-order valence-electron chi connectivity index (χ0n) is 12.9. The van der Waals surface area contributed by atoms with Gasteiger partial charge in [-0.2, -0.15) is 10.2 Å². The van der Waals surface area contributed by atoms with Crippen LogP contribution in [0.15, 0.2) is 18.5 Å². The third kappa shape index (κ3) is 3.51. The Morgan fingerprint density at radius 2 is 2.14 bits per heavy atom. The van der Waals surface area contributed by atoms with Crippen LogP contribution in [0.5, 0.6) is 0 Å². The van der Waals surface area contributed by atoms with Crippen LogP contribution in [0, 0.1) is 6.92 Å². The fourth-order valence-corrected chi connectivity index (χ4v) is 2.23. The second kappa shape index (κ2) is 6.42. The van der Waals surface area contributed by atoms with Gasteiger partial charge in [-0.15, -0.1) is 0 Å². The number of amides is 1. The van der Waals surface area contributed by atoms with E-state index in [-0.39, 0.29) is 24.6 Å². The van der Waals surface area contributed by atoms with E-state index in [1.807, 2.05) is 20.2 Å². The summed E-state index contributed by atoms with van der Waals surface area (Å²) in [4.78, 5) is 24.7. The topological polar surface area (TPSA) is 93.3 Å². The van der Waals surface area contributed by atoms with Crippen LogP contribution in [-0.2, 0) is 24.9 Å². The van der Waals surface area contributed by atoms with E-state index in [2.05, 4.69) is 10.2 Å². The van der Waals surface area contributed by atoms with Gasteiger partial charge in [-0.25, -0.2) is 4.79 Å². The number of rotatable bonds is 6. The molecular weight excluding hydrogens is 286 g/mol. The predicted octanol–water partition coefficient (Wildman–Crippen LogP) is 0.672. The number of carboxylic acid groups (broad SMARTS) is 1. The lowest BCUT2D eigenvalue weighted by Crippen LogP contribution is -2.27. The van der Waals surface area contributed by atoms with Crippen molar-refractivity contribution in [1.29, 1.82) is 0 Å². The van der Waals surface area contributed by atoms with Crippen LogP contribution in [-0.4, -0.2) is 48.5 Å². The monoisotopic (exact) mass is 305 g/mol. The van der Waals surface area contributed by atoms with E-state index in [1.165, 1.54) is 16.9 Å². The highest BCUT2D eigenvalue weighted by Gasteiger charge is 2.15. The first-order valence-corrected chi connectivity index (χ1v) is 6.86. The molecule has 0 saturated carbocycles. The number of aryl methyl sites for hydroxylation is 3. The minimum absolute atomic E-state index is 0.0740. The average Bonchev–Trinajstić information content (AvgIpc) is 3.03. The summed E-state index contributed by atoms with van der Waals surface area (Å²) >= 11 is 0. The summed E-state index contributed by atoms with van der Waals surface area (Å²) in [6.07, 6.45) is 3.49. The van der Waals surface area contributed by atoms with Gasteiger partial charge in [-0.1, -0.05) is 0 Å². The molecule has 0 fully saturated rings. The molecule has 118 valence electrons. The van der Waals surface area contributed by atoms with Gasteiger partial charge in [0.1, 0.15) is 5.69 Å². The van der Waals surface area contributed by atoms with Crippen molar-refractivity contribution in [3.63, 3.8) is 0 Å². The summed E-state index contributed by atoms with van der Waals surface area (Å²) in [7, 11) is 3.55. The quantitative estimate of drug-likeness (QED) is 0.846. The molecule has 22 heavy (non-hydrogen) atoms. The number of carbonyl (C=O) groups excluding carboxylic acids is 1. The fraction of sp³-hybridized carbons (Fsp3) is 0.429. The summed E-state index contributed by atoms with van der Waals surface area (Å²) < 4.78 is 3.04. The molecule has 2 aromatic rings. The van der Waals surface area contributed by atoms with Crippen LogP contribution in [0.25, 0.3) is 0 Å². The van der Waals surface area contributed by atoms with Crippen molar-refractivity contribution in [2.45, 2.75) is 26.4 Å². The second-order valence-electron chi connectivity index (χ2n) is 5.16. The Labute approximate surface area is 127 Å². The second-order valence-corrected chi connectivity index (χ2v) is 5.16. The SMILES string of the molecule is Cc1nn(C)cc1CN(C)C(=O)CCn1nccc1C(=O)O. The summed E-state index contributed by atoms with van der Waals surface area (Å²) in [6.45, 7) is 2.61. The minimum Gasteiger partial charge on any atom is -0.477 e. The van der Waals surface area contributed by atoms with E-state index < -0.39 is 5.97 Å². The summed E-state index contributed by atoms with van der Waals surface area (Å²) in [5.41, 5.74) is 1.96. The zero-order valence-corrected chi connectivity index (χ0v) is 12.9. The molecular formula is C14H19N5O3. The Morgan fingerprint density at radius 1 is 1.41 bits per heavy atom. The molecule has 2 rings (SSSR count). The molecule has 0 aliphatic rings. The van der Waals surface area contributed by atoms with Gasteiger partial charge in [0, 0.05) is 45.0 Å². The molecule has 0 aliphatic heterocycles. The van der Waals surface area contributed by atoms with Gasteiger partial charge in [0.25, 0.3) is 0 Å². The lowest BCUT2D eigenvalue weighted by molar-refractivity contribution is -0.130. The van der Waals surface area contributed by atoms with Crippen molar-refractivity contribution in [1.82, 2.24) is 24.5 Å². The van der Waals surface area contributed by atoms with E-state index >= 15 is 0 Å². The largest absolute Gasteiger partial charge is 0.477 e. The van der Waals surface area contributed by atoms with Crippen molar-refractivity contribution in [2.24, 2.45) is 7.05 Å². The van der Waals surface area contributed by atoms with Crippen LogP contribution in [0.2, 0.25) is 0 Å². The maximum absolute atomic E-state index is 12.2. The molecule has 0 aromatic carbocycles. The van der Waals surface area contributed by atoms with Crippen LogP contribution in [0.4, 0.5) is 0 Å². The van der Waals surface area contributed by atoms with Gasteiger partial charge in [0.2, 0.25) is 5.91 Å². The summed E-state index contributed by atoms with van der Waals surface area (Å²) in [6, 6.07) is 1.41. The Kier molecular flexibility index (Phi) is 4.59. The molecule has 0 aliphatic carbocycles. The molecule has 0 spiro atoms. The van der Waals surface area contributed by atoms with Gasteiger partial charge in [-0.3, -0.25) is 14.2 Å². The Bertz CT molecular complexity index is 688. The molecule has 8 heteroatoms. The third-order valence-corrected chi connectivity index (χ3v) is 3.42. The third-order valence-electron chi connectivity index (χ3n) is 3.42. The number of nitrogens with zero attached hydrogens (tertiary/aromatic N) is 5. The van der Waals surface area contributed by atoms with Gasteiger partial charge in [0.15, 0.2) is 0 Å². The summed E-state index contributed by atoms with van der Waals surface area (Å²) in [5, 5.41) is 17.2. The molecule has 1 N–H and O–H groups in total. The summed E-state index contributed by atoms with van der Waals surface area (Å²) in [5.74, 6) is -1.13. The number of aromatic nitrogens is 4. The van der Waals surface area contributed by atoms with Gasteiger partial charge >= 0.3 is 5.97 Å². The molecule has 0 saturated heterocycles. The van der Waals surface area contributed by atoms with Crippen LogP contribution >= 0.6 is 0 Å². The van der Waals surface area contributed by atoms with E-state index in [4.69, 9.17) is 5.11 Å². The Morgan fingerprint density at radius 3 is 2.73 bits per heavy atom. The van der Waals surface area contributed by atoms with Crippen molar-refractivity contribution in [3.8, 4) is 0 Å². The van der Waals surface area contributed by atoms with Crippen LogP contribution in [0.3, 0.4) is 0 Å². The fourth-order valence-electron chi connectivity index (χ4n) is 2.23. The van der Waals surface area contributed by atoms with Crippen molar-refractivity contribution in [2.75, 3.05) is 7.05 Å². The highest BCUT2D eigenvalue weighted by atomic mass is 16.4. The van der Waals surface area contributed by atoms with Gasteiger partial charge in [0.05, 0.1) is 12.2 Å². The first-order valence-electron chi connectivity index (χ1n) is 6.86. The number of hydrogen-bond donors (Lipinski definition) is 1. The van der Waals surface area contributed by atoms with E-state index in [0.717, 1.165) is 11.3 Å². The van der Waals surface area contributed by atoms with Gasteiger partial charge in [-0.05, 0) is 13.0 Å². The Balaban J connectivity index is 1.93. The highest BCUT2D eigenvalue weighted by Crippen LogP contribution is 2.09. The number of aromatic carboxylic acids is 1. The molecule has 2 heterocycles. The lowest BCUT2D eigenvalue weighted by Gasteiger charge is -2.17. The van der Waals surface area contributed by atoms with Crippen molar-refractivity contribution >= 4 is 11.9 Å². The molecule has 0 bridgehead atoms. The van der Waals surface area contributed by atoms with Crippen LogP contribution < -0.4 is 0 Å². The molecule has 2 aromatic heterocycles. The maximum Gasteiger partial charge on any atom is 0.354 e. The van der Waals surface area contributed by atoms with E-state index in [0.29, 0.717) is 6.54 Å². The number of carbonyl (C=O) groups is 2. The molecule has 0 radical (unpaired) electrons. The molecule has 0 unspecified atom stereocenters. The van der Waals surface area contributed by atoms with Gasteiger partial charge < -0.3 is 10.0 Å². The maximum atomic E-state index is 12.2. The first kappa shape index (κ1) is 15.7. The minimum atomic E-state index is -1.05. The zero-order chi connectivity index (χ0) is 16.3. The highest BCUT2D eigenvalue weighted by molar-refractivity contribution is 5.85.